The topological polar surface area (TPSA) is 81.7 Å². The summed E-state index contributed by atoms with van der Waals surface area (Å²) < 4.78 is 40.8. The van der Waals surface area contributed by atoms with E-state index in [-0.39, 0.29) is 11.9 Å². The molecular weight excluding hydrogens is 500 g/mol. The summed E-state index contributed by atoms with van der Waals surface area (Å²) in [4.78, 5) is 12.7. The Labute approximate surface area is 224 Å². The summed E-state index contributed by atoms with van der Waals surface area (Å²) in [7, 11) is 9.31. The molecule has 1 aliphatic rings. The molecule has 0 aliphatic heterocycles. The highest BCUT2D eigenvalue weighted by molar-refractivity contribution is 6.34. The lowest BCUT2D eigenvalue weighted by Crippen LogP contribution is -2.42. The van der Waals surface area contributed by atoms with Crippen LogP contribution in [0.15, 0.2) is 6.07 Å². The highest BCUT2D eigenvalue weighted by Crippen LogP contribution is 2.58. The molecule has 0 bridgehead atoms. The zero-order valence-corrected chi connectivity index (χ0v) is 23.9. The van der Waals surface area contributed by atoms with Crippen LogP contribution in [-0.2, 0) is 22.4 Å². The Balaban J connectivity index is 2.52. The highest BCUT2D eigenvalue weighted by Gasteiger charge is 2.42. The molecule has 2 aromatic rings. The molecule has 0 spiro atoms. The van der Waals surface area contributed by atoms with Gasteiger partial charge in [0.1, 0.15) is 5.60 Å². The molecule has 0 amide bonds. The van der Waals surface area contributed by atoms with Crippen LogP contribution in [0.3, 0.4) is 0 Å². The largest absolute Gasteiger partial charge is 0.493 e. The van der Waals surface area contributed by atoms with Gasteiger partial charge in [-0.15, -0.1) is 0 Å². The number of fused-ring (bicyclic) bond motifs is 3. The molecule has 2 aromatic carbocycles. The summed E-state index contributed by atoms with van der Waals surface area (Å²) in [5, 5.41) is 0.383. The summed E-state index contributed by atoms with van der Waals surface area (Å²) >= 11 is 7.01. The summed E-state index contributed by atoms with van der Waals surface area (Å²) in [5.74, 6) is 2.14. The number of ether oxygens (including phenoxy) is 7. The summed E-state index contributed by atoms with van der Waals surface area (Å²) in [6.07, 6.45) is 1.89. The van der Waals surface area contributed by atoms with E-state index in [4.69, 9.17) is 44.8 Å². The van der Waals surface area contributed by atoms with Crippen LogP contribution in [0.1, 0.15) is 44.7 Å². The maximum absolute atomic E-state index is 12.7. The number of benzene rings is 2. The lowest BCUT2D eigenvalue weighted by molar-refractivity contribution is -0.163. The molecule has 0 heterocycles. The van der Waals surface area contributed by atoms with Crippen LogP contribution < -0.4 is 28.4 Å². The van der Waals surface area contributed by atoms with Gasteiger partial charge in [0.15, 0.2) is 23.0 Å². The Hall–Kier alpha value is -3.00. The Morgan fingerprint density at radius 2 is 1.46 bits per heavy atom. The first kappa shape index (κ1) is 28.6. The number of hydrogen-bond acceptors (Lipinski definition) is 8. The number of hydrogen-bond donors (Lipinski definition) is 0. The van der Waals surface area contributed by atoms with Crippen LogP contribution in [0.25, 0.3) is 11.1 Å². The summed E-state index contributed by atoms with van der Waals surface area (Å²) in [6, 6.07) is 1.88. The summed E-state index contributed by atoms with van der Waals surface area (Å²) in [6.45, 7) is 5.95. The Morgan fingerprint density at radius 3 is 1.97 bits per heavy atom. The molecule has 0 unspecified atom stereocenters. The van der Waals surface area contributed by atoms with Gasteiger partial charge >= 0.3 is 5.97 Å². The second-order valence-corrected chi connectivity index (χ2v) is 9.64. The van der Waals surface area contributed by atoms with Crippen LogP contribution in [0.2, 0.25) is 5.02 Å². The second kappa shape index (κ2) is 11.6. The molecule has 9 heteroatoms. The first-order valence-electron chi connectivity index (χ1n) is 12.2. The first-order chi connectivity index (χ1) is 17.7. The molecule has 37 heavy (non-hydrogen) atoms. The third-order valence-electron chi connectivity index (χ3n) is 7.07. The predicted molar refractivity (Wildman–Crippen MR) is 142 cm³/mol. The fraction of sp³-hybridized carbons (Fsp3) is 0.536. The van der Waals surface area contributed by atoms with Gasteiger partial charge in [-0.1, -0.05) is 25.4 Å². The molecule has 0 saturated heterocycles. The molecule has 0 fully saturated rings. The number of esters is 1. The van der Waals surface area contributed by atoms with E-state index in [0.29, 0.717) is 76.3 Å². The van der Waals surface area contributed by atoms with E-state index in [1.54, 1.807) is 28.4 Å². The van der Waals surface area contributed by atoms with Crippen molar-refractivity contribution < 1.29 is 38.0 Å². The SMILES string of the molecule is CCCC(=O)O[C@]1(C)Cc2cc(OC)c(OC)c(OC)c2-c2c(c(Cl)c(OC)c(OC)c2OC)C[C@H]1C. The molecule has 0 aromatic heterocycles. The van der Waals surface area contributed by atoms with Gasteiger partial charge in [-0.2, -0.15) is 0 Å². The van der Waals surface area contributed by atoms with Crippen molar-refractivity contribution in [3.63, 3.8) is 0 Å². The van der Waals surface area contributed by atoms with E-state index in [1.165, 1.54) is 14.2 Å². The highest BCUT2D eigenvalue weighted by atomic mass is 35.5. The molecule has 8 nitrogen and oxygen atoms in total. The van der Waals surface area contributed by atoms with Crippen LogP contribution in [0.4, 0.5) is 0 Å². The first-order valence-corrected chi connectivity index (χ1v) is 12.6. The van der Waals surface area contributed by atoms with Gasteiger partial charge in [-0.25, -0.2) is 0 Å². The van der Waals surface area contributed by atoms with Crippen molar-refractivity contribution in [1.82, 2.24) is 0 Å². The van der Waals surface area contributed by atoms with Crippen molar-refractivity contribution in [2.75, 3.05) is 42.7 Å². The molecule has 3 rings (SSSR count). The van der Waals surface area contributed by atoms with E-state index in [0.717, 1.165) is 11.1 Å². The minimum absolute atomic E-state index is 0.125. The number of rotatable bonds is 9. The van der Waals surface area contributed by atoms with E-state index < -0.39 is 5.60 Å². The predicted octanol–water partition coefficient (Wildman–Crippen LogP) is 5.90. The lowest BCUT2D eigenvalue weighted by Gasteiger charge is -2.39. The molecule has 1 aliphatic carbocycles. The van der Waals surface area contributed by atoms with Crippen molar-refractivity contribution in [3.05, 3.63) is 22.2 Å². The van der Waals surface area contributed by atoms with Gasteiger partial charge in [0, 0.05) is 29.9 Å². The van der Waals surface area contributed by atoms with E-state index in [2.05, 4.69) is 0 Å². The van der Waals surface area contributed by atoms with Crippen molar-refractivity contribution in [3.8, 4) is 45.6 Å². The third kappa shape index (κ3) is 4.96. The number of halogens is 1. The maximum atomic E-state index is 12.7. The third-order valence-corrected chi connectivity index (χ3v) is 7.47. The zero-order chi connectivity index (χ0) is 27.5. The smallest absolute Gasteiger partial charge is 0.306 e. The average molecular weight is 537 g/mol. The van der Waals surface area contributed by atoms with Crippen LogP contribution in [-0.4, -0.2) is 54.2 Å². The molecule has 0 saturated carbocycles. The quantitative estimate of drug-likeness (QED) is 0.367. The molecule has 0 N–H and O–H groups in total. The van der Waals surface area contributed by atoms with Gasteiger partial charge < -0.3 is 33.2 Å². The molecule has 0 radical (unpaired) electrons. The standard InChI is InChI=1S/C28H37ClO8/c1-10-11-19(30)37-28(3)14-16-13-18(31-4)23(32-5)24(33-6)20(16)21-17(12-15(28)2)22(29)26(35-8)27(36-9)25(21)34-7/h13,15H,10-12,14H2,1-9H3/t15-,28-/m1/s1. The Morgan fingerprint density at radius 1 is 0.892 bits per heavy atom. The number of carbonyl (C=O) groups excluding carboxylic acids is 1. The van der Waals surface area contributed by atoms with Gasteiger partial charge in [0.2, 0.25) is 11.5 Å². The lowest BCUT2D eigenvalue weighted by atomic mass is 9.74. The Kier molecular flexibility index (Phi) is 8.95. The van der Waals surface area contributed by atoms with E-state index in [9.17, 15) is 4.79 Å². The molecule has 2 atom stereocenters. The fourth-order valence-electron chi connectivity index (χ4n) is 5.07. The van der Waals surface area contributed by atoms with Crippen LogP contribution >= 0.6 is 11.6 Å². The normalized spacial score (nSPS) is 18.5. The molecular formula is C28H37ClO8. The monoisotopic (exact) mass is 536 g/mol. The van der Waals surface area contributed by atoms with Crippen molar-refractivity contribution in [2.24, 2.45) is 5.92 Å². The van der Waals surface area contributed by atoms with Crippen LogP contribution in [0.5, 0.6) is 34.5 Å². The van der Waals surface area contributed by atoms with Crippen molar-refractivity contribution in [2.45, 2.75) is 52.1 Å². The minimum atomic E-state index is -0.854. The van der Waals surface area contributed by atoms with Crippen LogP contribution in [0, 0.1) is 5.92 Å². The Bertz CT molecular complexity index is 1160. The van der Waals surface area contributed by atoms with Crippen molar-refractivity contribution >= 4 is 17.6 Å². The van der Waals surface area contributed by atoms with Gasteiger partial charge in [0.05, 0.1) is 47.7 Å². The molecule has 204 valence electrons. The van der Waals surface area contributed by atoms with Gasteiger partial charge in [-0.3, -0.25) is 4.79 Å². The minimum Gasteiger partial charge on any atom is -0.493 e. The average Bonchev–Trinajstić information content (AvgIpc) is 2.87. The van der Waals surface area contributed by atoms with Gasteiger partial charge in [-0.05, 0) is 37.0 Å². The maximum Gasteiger partial charge on any atom is 0.306 e. The second-order valence-electron chi connectivity index (χ2n) is 9.27. The van der Waals surface area contributed by atoms with Crippen molar-refractivity contribution in [1.29, 1.82) is 0 Å². The summed E-state index contributed by atoms with van der Waals surface area (Å²) in [5.41, 5.74) is 2.11. The number of methoxy groups -OCH3 is 6. The number of carbonyl (C=O) groups is 1. The zero-order valence-electron chi connectivity index (χ0n) is 23.1. The van der Waals surface area contributed by atoms with E-state index >= 15 is 0 Å². The van der Waals surface area contributed by atoms with Gasteiger partial charge in [0.25, 0.3) is 0 Å². The fourth-order valence-corrected chi connectivity index (χ4v) is 5.40. The van der Waals surface area contributed by atoms with E-state index in [1.807, 2.05) is 26.8 Å².